The summed E-state index contributed by atoms with van der Waals surface area (Å²) in [6.45, 7) is 6.43. The molecule has 0 spiro atoms. The minimum absolute atomic E-state index is 0.0512. The van der Waals surface area contributed by atoms with E-state index in [-0.39, 0.29) is 11.2 Å². The van der Waals surface area contributed by atoms with Crippen LogP contribution >= 0.6 is 11.3 Å². The third kappa shape index (κ3) is 3.02. The first-order valence-corrected chi connectivity index (χ1v) is 11.0. The Hall–Kier alpha value is -2.27. The standard InChI is InChI=1S/C23H25N3OS/c1-23(2)13-16-19(17(27)14-23)18(15-9-5-3-6-10-15)20-21(24-16)25-22(28-20)26-11-7-4-8-12-26/h3,5-6,9-10H,4,7-8,11-14H2,1-2H3. The summed E-state index contributed by atoms with van der Waals surface area (Å²) < 4.78 is 1.05. The summed E-state index contributed by atoms with van der Waals surface area (Å²) in [5, 5.41) is 1.05. The van der Waals surface area contributed by atoms with E-state index in [1.165, 1.54) is 19.3 Å². The summed E-state index contributed by atoms with van der Waals surface area (Å²) >= 11 is 1.70. The number of fused-ring (bicyclic) bond motifs is 2. The molecule has 4 nitrogen and oxygen atoms in total. The van der Waals surface area contributed by atoms with Gasteiger partial charge < -0.3 is 4.90 Å². The van der Waals surface area contributed by atoms with Crippen LogP contribution in [0.15, 0.2) is 30.3 Å². The van der Waals surface area contributed by atoms with Crippen molar-refractivity contribution < 1.29 is 4.79 Å². The molecule has 1 fully saturated rings. The van der Waals surface area contributed by atoms with E-state index < -0.39 is 0 Å². The van der Waals surface area contributed by atoms with Crippen molar-refractivity contribution in [3.8, 4) is 11.1 Å². The van der Waals surface area contributed by atoms with Gasteiger partial charge in [-0.2, -0.15) is 4.98 Å². The van der Waals surface area contributed by atoms with Crippen molar-refractivity contribution in [2.75, 3.05) is 18.0 Å². The van der Waals surface area contributed by atoms with Crippen molar-refractivity contribution in [1.29, 1.82) is 0 Å². The second kappa shape index (κ2) is 6.66. The van der Waals surface area contributed by atoms with Gasteiger partial charge in [-0.1, -0.05) is 55.5 Å². The Morgan fingerprint density at radius 2 is 1.71 bits per heavy atom. The Morgan fingerprint density at radius 1 is 0.964 bits per heavy atom. The van der Waals surface area contributed by atoms with E-state index in [0.717, 1.165) is 57.4 Å². The number of carbonyl (C=O) groups is 1. The zero-order valence-electron chi connectivity index (χ0n) is 16.5. The fraction of sp³-hybridized carbons (Fsp3) is 0.435. The number of benzene rings is 1. The number of thiazole rings is 1. The first-order valence-electron chi connectivity index (χ1n) is 10.2. The van der Waals surface area contributed by atoms with E-state index in [2.05, 4.69) is 30.9 Å². The molecule has 0 saturated carbocycles. The molecule has 144 valence electrons. The molecule has 1 aliphatic heterocycles. The van der Waals surface area contributed by atoms with Crippen LogP contribution in [-0.2, 0) is 6.42 Å². The monoisotopic (exact) mass is 391 g/mol. The molecule has 5 rings (SSSR count). The van der Waals surface area contributed by atoms with Crippen LogP contribution < -0.4 is 4.90 Å². The summed E-state index contributed by atoms with van der Waals surface area (Å²) in [6.07, 6.45) is 5.13. The van der Waals surface area contributed by atoms with Crippen molar-refractivity contribution in [1.82, 2.24) is 9.97 Å². The summed E-state index contributed by atoms with van der Waals surface area (Å²) in [7, 11) is 0. The van der Waals surface area contributed by atoms with Gasteiger partial charge >= 0.3 is 0 Å². The highest BCUT2D eigenvalue weighted by Crippen LogP contribution is 2.44. The van der Waals surface area contributed by atoms with Gasteiger partial charge in [0.25, 0.3) is 0 Å². The van der Waals surface area contributed by atoms with Crippen LogP contribution in [0.5, 0.6) is 0 Å². The fourth-order valence-electron chi connectivity index (χ4n) is 4.55. The van der Waals surface area contributed by atoms with Gasteiger partial charge in [-0.25, -0.2) is 4.98 Å². The number of hydrogen-bond donors (Lipinski definition) is 0. The van der Waals surface area contributed by atoms with Crippen LogP contribution in [0.4, 0.5) is 5.13 Å². The van der Waals surface area contributed by atoms with Crippen molar-refractivity contribution >= 4 is 32.6 Å². The zero-order valence-corrected chi connectivity index (χ0v) is 17.3. The third-order valence-corrected chi connectivity index (χ3v) is 6.98. The van der Waals surface area contributed by atoms with Crippen LogP contribution in [0, 0.1) is 5.41 Å². The summed E-state index contributed by atoms with van der Waals surface area (Å²) in [5.74, 6) is 0.215. The minimum atomic E-state index is -0.0512. The Bertz CT molecular complexity index is 1050. The maximum atomic E-state index is 13.2. The molecule has 0 atom stereocenters. The van der Waals surface area contributed by atoms with E-state index in [9.17, 15) is 4.79 Å². The quantitative estimate of drug-likeness (QED) is 0.578. The van der Waals surface area contributed by atoms with Gasteiger partial charge in [0.05, 0.1) is 10.4 Å². The number of anilines is 1. The average Bonchev–Trinajstić information content (AvgIpc) is 3.10. The number of rotatable bonds is 2. The number of Topliss-reactive ketones (excluding diaryl/α,β-unsaturated/α-hetero) is 1. The van der Waals surface area contributed by atoms with E-state index in [1.54, 1.807) is 11.3 Å². The van der Waals surface area contributed by atoms with Gasteiger partial charge in [-0.15, -0.1) is 0 Å². The summed E-state index contributed by atoms with van der Waals surface area (Å²) in [6, 6.07) is 10.3. The highest BCUT2D eigenvalue weighted by atomic mass is 32.1. The third-order valence-electron chi connectivity index (χ3n) is 5.86. The lowest BCUT2D eigenvalue weighted by Crippen LogP contribution is -2.29. The second-order valence-electron chi connectivity index (χ2n) is 8.81. The molecular formula is C23H25N3OS. The molecule has 0 bridgehead atoms. The number of ketones is 1. The molecule has 1 aliphatic carbocycles. The molecule has 3 heterocycles. The Labute approximate surface area is 169 Å². The lowest BCUT2D eigenvalue weighted by molar-refractivity contribution is 0.0911. The number of hydrogen-bond acceptors (Lipinski definition) is 5. The van der Waals surface area contributed by atoms with E-state index in [4.69, 9.17) is 9.97 Å². The van der Waals surface area contributed by atoms with Crippen molar-refractivity contribution in [3.05, 3.63) is 41.6 Å². The summed E-state index contributed by atoms with van der Waals surface area (Å²) in [5.41, 5.74) is 4.63. The second-order valence-corrected chi connectivity index (χ2v) is 9.79. The topological polar surface area (TPSA) is 46.1 Å². The van der Waals surface area contributed by atoms with E-state index in [1.807, 2.05) is 18.2 Å². The van der Waals surface area contributed by atoms with E-state index >= 15 is 0 Å². The van der Waals surface area contributed by atoms with Crippen LogP contribution in [0.2, 0.25) is 0 Å². The Balaban J connectivity index is 1.76. The fourth-order valence-corrected chi connectivity index (χ4v) is 5.68. The van der Waals surface area contributed by atoms with Crippen LogP contribution in [0.25, 0.3) is 21.5 Å². The first-order chi connectivity index (χ1) is 13.5. The number of pyridine rings is 1. The maximum absolute atomic E-state index is 13.2. The summed E-state index contributed by atoms with van der Waals surface area (Å²) in [4.78, 5) is 25.4. The van der Waals surface area contributed by atoms with Crippen molar-refractivity contribution in [3.63, 3.8) is 0 Å². The molecule has 0 unspecified atom stereocenters. The lowest BCUT2D eigenvalue weighted by atomic mass is 9.74. The van der Waals surface area contributed by atoms with Gasteiger partial charge in [-0.05, 0) is 36.7 Å². The molecular weight excluding hydrogens is 366 g/mol. The lowest BCUT2D eigenvalue weighted by Gasteiger charge is -2.30. The molecule has 0 N–H and O–H groups in total. The molecule has 1 saturated heterocycles. The number of piperidine rings is 1. The average molecular weight is 392 g/mol. The van der Waals surface area contributed by atoms with Gasteiger partial charge in [0.2, 0.25) is 0 Å². The van der Waals surface area contributed by atoms with Gasteiger partial charge in [0.15, 0.2) is 16.6 Å². The van der Waals surface area contributed by atoms with Crippen LogP contribution in [0.1, 0.15) is 55.6 Å². The normalized spacial score (nSPS) is 19.1. The van der Waals surface area contributed by atoms with E-state index in [0.29, 0.717) is 6.42 Å². The molecule has 28 heavy (non-hydrogen) atoms. The van der Waals surface area contributed by atoms with Crippen LogP contribution in [0.3, 0.4) is 0 Å². The number of nitrogens with zero attached hydrogens (tertiary/aromatic N) is 3. The highest BCUT2D eigenvalue weighted by molar-refractivity contribution is 7.22. The molecule has 2 aliphatic rings. The molecule has 0 radical (unpaired) electrons. The molecule has 1 aromatic carbocycles. The highest BCUT2D eigenvalue weighted by Gasteiger charge is 2.35. The van der Waals surface area contributed by atoms with Gasteiger partial charge in [0.1, 0.15) is 0 Å². The first kappa shape index (κ1) is 17.8. The number of carbonyl (C=O) groups excluding carboxylic acids is 1. The largest absolute Gasteiger partial charge is 0.348 e. The Morgan fingerprint density at radius 3 is 2.46 bits per heavy atom. The molecule has 2 aromatic heterocycles. The molecule has 0 amide bonds. The SMILES string of the molecule is CC1(C)CC(=O)c2c(nc3nc(N4CCCCC4)sc3c2-c2ccccc2)C1. The maximum Gasteiger partial charge on any atom is 0.188 e. The smallest absolute Gasteiger partial charge is 0.188 e. The Kier molecular flexibility index (Phi) is 4.23. The minimum Gasteiger partial charge on any atom is -0.348 e. The zero-order chi connectivity index (χ0) is 19.3. The van der Waals surface area contributed by atoms with Crippen LogP contribution in [-0.4, -0.2) is 28.8 Å². The predicted octanol–water partition coefficient (Wildman–Crippen LogP) is 5.50. The molecule has 3 aromatic rings. The molecule has 5 heteroatoms. The van der Waals surface area contributed by atoms with Gasteiger partial charge in [0, 0.05) is 30.6 Å². The van der Waals surface area contributed by atoms with Gasteiger partial charge in [-0.3, -0.25) is 4.79 Å². The van der Waals surface area contributed by atoms with Crippen molar-refractivity contribution in [2.24, 2.45) is 5.41 Å². The predicted molar refractivity (Wildman–Crippen MR) is 115 cm³/mol. The van der Waals surface area contributed by atoms with Crippen molar-refractivity contribution in [2.45, 2.75) is 46.0 Å². The number of aromatic nitrogens is 2.